The molecule has 2 aromatic carbocycles. The molecule has 0 aliphatic carbocycles. The van der Waals surface area contributed by atoms with Crippen LogP contribution >= 0.6 is 0 Å². The molecule has 7 nitrogen and oxygen atoms in total. The van der Waals surface area contributed by atoms with Crippen LogP contribution in [0.2, 0.25) is 0 Å². The molecule has 4 rings (SSSR count). The predicted molar refractivity (Wildman–Crippen MR) is 110 cm³/mol. The van der Waals surface area contributed by atoms with E-state index in [2.05, 4.69) is 15.1 Å². The van der Waals surface area contributed by atoms with Crippen LogP contribution in [0, 0.1) is 5.82 Å². The largest absolute Gasteiger partial charge is 0.419 e. The fourth-order valence-corrected chi connectivity index (χ4v) is 3.58. The van der Waals surface area contributed by atoms with E-state index in [1.54, 1.807) is 37.4 Å². The number of hydrogen-bond acceptors (Lipinski definition) is 5. The number of aromatic nitrogens is 1. The van der Waals surface area contributed by atoms with Crippen LogP contribution in [-0.4, -0.2) is 48.1 Å². The zero-order valence-corrected chi connectivity index (χ0v) is 16.2. The summed E-state index contributed by atoms with van der Waals surface area (Å²) in [6.45, 7) is 4.07. The van der Waals surface area contributed by atoms with Crippen LogP contribution < -0.4 is 16.0 Å². The smallest absolute Gasteiger partial charge is 0.408 e. The normalized spacial score (nSPS) is 15.0. The van der Waals surface area contributed by atoms with Gasteiger partial charge in [-0.2, -0.15) is 0 Å². The molecule has 1 N–H and O–H groups in total. The summed E-state index contributed by atoms with van der Waals surface area (Å²) >= 11 is 0. The van der Waals surface area contributed by atoms with Crippen molar-refractivity contribution in [2.45, 2.75) is 6.42 Å². The standard InChI is InChI=1S/C21H23FN4O3/c1-24-18-7-4-16(14-19(18)29-21(24)28)23-20(27)8-9-25-10-12-26(13-11-25)17-5-2-15(22)3-6-17/h2-7,14H,8-13H2,1H3,(H,23,27). The Kier molecular flexibility index (Phi) is 5.35. The third kappa shape index (κ3) is 4.32. The Morgan fingerprint density at radius 1 is 1.10 bits per heavy atom. The number of carbonyl (C=O) groups is 1. The average Bonchev–Trinajstić information content (AvgIpc) is 3.00. The molecule has 1 aliphatic heterocycles. The van der Waals surface area contributed by atoms with E-state index in [-0.39, 0.29) is 11.7 Å². The number of fused-ring (bicyclic) bond motifs is 1. The lowest BCUT2D eigenvalue weighted by Crippen LogP contribution is -2.47. The Bertz CT molecular complexity index is 1070. The van der Waals surface area contributed by atoms with E-state index in [9.17, 15) is 14.0 Å². The number of anilines is 2. The van der Waals surface area contributed by atoms with E-state index < -0.39 is 5.76 Å². The van der Waals surface area contributed by atoms with Gasteiger partial charge in [-0.25, -0.2) is 9.18 Å². The second-order valence-electron chi connectivity index (χ2n) is 7.21. The molecule has 0 saturated carbocycles. The minimum absolute atomic E-state index is 0.0800. The van der Waals surface area contributed by atoms with Gasteiger partial charge in [0, 0.05) is 63.6 Å². The number of amides is 1. The highest BCUT2D eigenvalue weighted by Gasteiger charge is 2.18. The van der Waals surface area contributed by atoms with Gasteiger partial charge in [-0.1, -0.05) is 0 Å². The molecule has 1 aromatic heterocycles. The van der Waals surface area contributed by atoms with E-state index in [1.807, 2.05) is 0 Å². The fourth-order valence-electron chi connectivity index (χ4n) is 3.58. The number of hydrogen-bond donors (Lipinski definition) is 1. The van der Waals surface area contributed by atoms with Gasteiger partial charge in [-0.3, -0.25) is 14.3 Å². The van der Waals surface area contributed by atoms with Gasteiger partial charge in [0.1, 0.15) is 5.82 Å². The second kappa shape index (κ2) is 8.08. The first-order valence-electron chi connectivity index (χ1n) is 9.62. The first kappa shape index (κ1) is 19.2. The maximum Gasteiger partial charge on any atom is 0.419 e. The topological polar surface area (TPSA) is 70.7 Å². The van der Waals surface area contributed by atoms with Crippen molar-refractivity contribution in [3.05, 3.63) is 58.8 Å². The monoisotopic (exact) mass is 398 g/mol. The Balaban J connectivity index is 1.26. The Morgan fingerprint density at radius 2 is 1.83 bits per heavy atom. The summed E-state index contributed by atoms with van der Waals surface area (Å²) in [6.07, 6.45) is 0.382. The van der Waals surface area contributed by atoms with Crippen molar-refractivity contribution < 1.29 is 13.6 Å². The molecule has 29 heavy (non-hydrogen) atoms. The summed E-state index contributed by atoms with van der Waals surface area (Å²) in [5.41, 5.74) is 2.77. The van der Waals surface area contributed by atoms with E-state index in [0.717, 1.165) is 31.9 Å². The number of halogens is 1. The number of piperazine rings is 1. The highest BCUT2D eigenvalue weighted by Crippen LogP contribution is 2.19. The van der Waals surface area contributed by atoms with E-state index in [1.165, 1.54) is 16.7 Å². The van der Waals surface area contributed by atoms with Gasteiger partial charge < -0.3 is 14.6 Å². The lowest BCUT2D eigenvalue weighted by atomic mass is 10.2. The van der Waals surface area contributed by atoms with Crippen molar-refractivity contribution in [3.8, 4) is 0 Å². The molecule has 3 aromatic rings. The van der Waals surface area contributed by atoms with Crippen LogP contribution in [-0.2, 0) is 11.8 Å². The Labute approximate surface area is 167 Å². The van der Waals surface area contributed by atoms with E-state index >= 15 is 0 Å². The lowest BCUT2D eigenvalue weighted by Gasteiger charge is -2.36. The van der Waals surface area contributed by atoms with Crippen molar-refractivity contribution in [3.63, 3.8) is 0 Å². The van der Waals surface area contributed by atoms with E-state index in [0.29, 0.717) is 29.8 Å². The van der Waals surface area contributed by atoms with Crippen LogP contribution in [0.1, 0.15) is 6.42 Å². The summed E-state index contributed by atoms with van der Waals surface area (Å²) in [5.74, 6) is -0.737. The quantitative estimate of drug-likeness (QED) is 0.715. The third-order valence-electron chi connectivity index (χ3n) is 5.30. The number of rotatable bonds is 5. The van der Waals surface area contributed by atoms with Crippen LogP contribution in [0.3, 0.4) is 0 Å². The molecule has 0 radical (unpaired) electrons. The lowest BCUT2D eigenvalue weighted by molar-refractivity contribution is -0.116. The number of carbonyl (C=O) groups excluding carboxylic acids is 1. The van der Waals surface area contributed by atoms with Crippen LogP contribution in [0.5, 0.6) is 0 Å². The molecule has 1 saturated heterocycles. The molecule has 8 heteroatoms. The second-order valence-corrected chi connectivity index (χ2v) is 7.21. The predicted octanol–water partition coefficient (Wildman–Crippen LogP) is 2.42. The SMILES string of the molecule is Cn1c(=O)oc2cc(NC(=O)CCN3CCN(c4ccc(F)cc4)CC3)ccc21. The molecular weight excluding hydrogens is 375 g/mol. The van der Waals surface area contributed by atoms with Gasteiger partial charge in [0.25, 0.3) is 0 Å². The van der Waals surface area contributed by atoms with Gasteiger partial charge in [-0.15, -0.1) is 0 Å². The molecule has 1 fully saturated rings. The summed E-state index contributed by atoms with van der Waals surface area (Å²) < 4.78 is 19.6. The molecule has 1 amide bonds. The average molecular weight is 398 g/mol. The van der Waals surface area contributed by atoms with Gasteiger partial charge >= 0.3 is 5.76 Å². The zero-order chi connectivity index (χ0) is 20.4. The van der Waals surface area contributed by atoms with E-state index in [4.69, 9.17) is 4.42 Å². The fraction of sp³-hybridized carbons (Fsp3) is 0.333. The molecule has 0 spiro atoms. The molecule has 0 bridgehead atoms. The maximum atomic E-state index is 13.1. The first-order valence-corrected chi connectivity index (χ1v) is 9.62. The van der Waals surface area contributed by atoms with Crippen LogP contribution in [0.15, 0.2) is 51.7 Å². The summed E-state index contributed by atoms with van der Waals surface area (Å²) in [5, 5.41) is 2.86. The number of oxazole rings is 1. The molecule has 0 atom stereocenters. The van der Waals surface area contributed by atoms with Crippen LogP contribution in [0.4, 0.5) is 15.8 Å². The highest BCUT2D eigenvalue weighted by atomic mass is 19.1. The highest BCUT2D eigenvalue weighted by molar-refractivity contribution is 5.92. The first-order chi connectivity index (χ1) is 14.0. The third-order valence-corrected chi connectivity index (χ3v) is 5.30. The number of benzene rings is 2. The van der Waals surface area contributed by atoms with Crippen LogP contribution in [0.25, 0.3) is 11.1 Å². The van der Waals surface area contributed by atoms with Gasteiger partial charge in [0.2, 0.25) is 5.91 Å². The molecule has 2 heterocycles. The number of nitrogens with one attached hydrogen (secondary N) is 1. The zero-order valence-electron chi connectivity index (χ0n) is 16.2. The summed E-state index contributed by atoms with van der Waals surface area (Å²) in [6, 6.07) is 11.7. The molecule has 152 valence electrons. The molecular formula is C21H23FN4O3. The minimum atomic E-state index is -0.428. The maximum absolute atomic E-state index is 13.1. The Morgan fingerprint density at radius 3 is 2.55 bits per heavy atom. The molecule has 1 aliphatic rings. The summed E-state index contributed by atoms with van der Waals surface area (Å²) in [4.78, 5) is 28.3. The van der Waals surface area contributed by atoms with Crippen molar-refractivity contribution in [1.82, 2.24) is 9.47 Å². The van der Waals surface area contributed by atoms with Crippen molar-refractivity contribution in [2.75, 3.05) is 42.9 Å². The molecule has 0 unspecified atom stereocenters. The van der Waals surface area contributed by atoms with Gasteiger partial charge in [0.05, 0.1) is 5.52 Å². The van der Waals surface area contributed by atoms with Crippen molar-refractivity contribution in [1.29, 1.82) is 0 Å². The number of nitrogens with zero attached hydrogens (tertiary/aromatic N) is 3. The van der Waals surface area contributed by atoms with Crippen molar-refractivity contribution >= 4 is 28.4 Å². The van der Waals surface area contributed by atoms with Gasteiger partial charge in [-0.05, 0) is 36.4 Å². The Hall–Kier alpha value is -3.13. The van der Waals surface area contributed by atoms with Crippen molar-refractivity contribution in [2.24, 2.45) is 7.05 Å². The number of aryl methyl sites for hydroxylation is 1. The minimum Gasteiger partial charge on any atom is -0.408 e. The van der Waals surface area contributed by atoms with Gasteiger partial charge in [0.15, 0.2) is 5.58 Å². The summed E-state index contributed by atoms with van der Waals surface area (Å²) in [7, 11) is 1.64.